The molecule has 4 nitrogen and oxygen atoms in total. The summed E-state index contributed by atoms with van der Waals surface area (Å²) >= 11 is 13.5. The number of fused-ring (bicyclic) bond motifs is 3. The molecule has 4 fully saturated rings. The van der Waals surface area contributed by atoms with E-state index in [9.17, 15) is 9.90 Å². The van der Waals surface area contributed by atoms with E-state index in [4.69, 9.17) is 23.2 Å². The summed E-state index contributed by atoms with van der Waals surface area (Å²) in [6.45, 7) is 2.45. The molecule has 0 aromatic heterocycles. The molecule has 2 saturated heterocycles. The van der Waals surface area contributed by atoms with Crippen molar-refractivity contribution in [2.45, 2.75) is 80.7 Å². The summed E-state index contributed by atoms with van der Waals surface area (Å²) in [4.78, 5) is 14.1. The van der Waals surface area contributed by atoms with E-state index in [1.54, 1.807) is 0 Å². The number of alkyl halides is 2. The van der Waals surface area contributed by atoms with Gasteiger partial charge in [0.1, 0.15) is 6.61 Å². The molecule has 26 heavy (non-hydrogen) atoms. The van der Waals surface area contributed by atoms with Gasteiger partial charge >= 0.3 is 0 Å². The molecule has 8 atom stereocenters. The fourth-order valence-corrected chi connectivity index (χ4v) is 7.28. The maximum absolute atomic E-state index is 12.2. The van der Waals surface area contributed by atoms with Crippen molar-refractivity contribution in [2.75, 3.05) is 13.2 Å². The van der Waals surface area contributed by atoms with Crippen LogP contribution in [0.25, 0.3) is 0 Å². The van der Waals surface area contributed by atoms with Crippen molar-refractivity contribution in [2.24, 2.45) is 23.7 Å². The number of carbonyl (C=O) groups excluding carboxylic acids is 1. The lowest BCUT2D eigenvalue weighted by molar-refractivity contribution is -0.139. The largest absolute Gasteiger partial charge is 0.387 e. The Balaban J connectivity index is 1.60. The summed E-state index contributed by atoms with van der Waals surface area (Å²) in [6, 6.07) is 0.834. The number of rotatable bonds is 2. The van der Waals surface area contributed by atoms with Crippen LogP contribution in [-0.2, 0) is 4.79 Å². The monoisotopic (exact) mass is 402 g/mol. The van der Waals surface area contributed by atoms with E-state index in [-0.39, 0.29) is 28.7 Å². The number of hydrogen-bond acceptors (Lipinski definition) is 3. The zero-order valence-corrected chi connectivity index (χ0v) is 17.1. The summed E-state index contributed by atoms with van der Waals surface area (Å²) in [5, 5.41) is 13.2. The number of nitrogens with one attached hydrogen (secondary N) is 1. The smallest absolute Gasteiger partial charge is 0.248 e. The second-order valence-corrected chi connectivity index (χ2v) is 10.2. The molecule has 2 aliphatic heterocycles. The van der Waals surface area contributed by atoms with Crippen molar-refractivity contribution in [3.63, 3.8) is 0 Å². The maximum atomic E-state index is 12.2. The first-order valence-electron chi connectivity index (χ1n) is 10.5. The third-order valence-electron chi connectivity index (χ3n) is 7.76. The highest BCUT2D eigenvalue weighted by Crippen LogP contribution is 2.52. The molecule has 0 bridgehead atoms. The minimum absolute atomic E-state index is 0.0325. The minimum Gasteiger partial charge on any atom is -0.387 e. The molecule has 4 rings (SSSR count). The highest BCUT2D eigenvalue weighted by molar-refractivity contribution is 6.30. The Hall–Kier alpha value is -0.0300. The molecule has 2 aliphatic carbocycles. The number of piperidine rings is 1. The van der Waals surface area contributed by atoms with Gasteiger partial charge in [0.15, 0.2) is 0 Å². The predicted molar refractivity (Wildman–Crippen MR) is 105 cm³/mol. The molecule has 6 heteroatoms. The van der Waals surface area contributed by atoms with Gasteiger partial charge in [-0.3, -0.25) is 4.79 Å². The minimum atomic E-state index is -0.392. The molecule has 1 amide bonds. The fourth-order valence-electron chi connectivity index (χ4n) is 6.58. The van der Waals surface area contributed by atoms with Crippen LogP contribution in [0.1, 0.15) is 51.9 Å². The van der Waals surface area contributed by atoms with Crippen molar-refractivity contribution in [3.8, 4) is 0 Å². The third-order valence-corrected chi connectivity index (χ3v) is 8.91. The average Bonchev–Trinajstić information content (AvgIpc) is 3.02. The lowest BCUT2D eigenvalue weighted by Gasteiger charge is -2.48. The van der Waals surface area contributed by atoms with E-state index in [1.165, 1.54) is 32.1 Å². The van der Waals surface area contributed by atoms with Crippen LogP contribution in [0.5, 0.6) is 0 Å². The molecule has 0 aromatic rings. The Labute approximate surface area is 167 Å². The van der Waals surface area contributed by atoms with Crippen LogP contribution in [0.4, 0.5) is 0 Å². The molecule has 148 valence electrons. The number of nitrogens with zero attached hydrogens (tertiary/aromatic N) is 1. The molecule has 0 radical (unpaired) electrons. The second kappa shape index (κ2) is 7.77. The highest BCUT2D eigenvalue weighted by Gasteiger charge is 2.57. The molecule has 0 aromatic carbocycles. The Morgan fingerprint density at radius 1 is 1.15 bits per heavy atom. The number of amides is 1. The zero-order chi connectivity index (χ0) is 18.4. The van der Waals surface area contributed by atoms with E-state index >= 15 is 0 Å². The zero-order valence-electron chi connectivity index (χ0n) is 15.6. The van der Waals surface area contributed by atoms with E-state index in [0.717, 1.165) is 25.3 Å². The van der Waals surface area contributed by atoms with Gasteiger partial charge in [-0.15, -0.1) is 23.2 Å². The maximum Gasteiger partial charge on any atom is 0.248 e. The van der Waals surface area contributed by atoms with Gasteiger partial charge in [-0.1, -0.05) is 32.1 Å². The molecule has 0 spiro atoms. The topological polar surface area (TPSA) is 52.6 Å². The highest BCUT2D eigenvalue weighted by atomic mass is 35.5. The lowest BCUT2D eigenvalue weighted by atomic mass is 9.62. The molecule has 7 unspecified atom stereocenters. The molecule has 4 aliphatic rings. The van der Waals surface area contributed by atoms with Crippen molar-refractivity contribution in [1.29, 1.82) is 0 Å². The average molecular weight is 403 g/mol. The molecular weight excluding hydrogens is 371 g/mol. The summed E-state index contributed by atoms with van der Waals surface area (Å²) in [5.41, 5.74) is 0. The van der Waals surface area contributed by atoms with E-state index < -0.39 is 6.61 Å². The van der Waals surface area contributed by atoms with E-state index in [2.05, 4.69) is 12.2 Å². The third kappa shape index (κ3) is 3.29. The van der Waals surface area contributed by atoms with Gasteiger partial charge in [0, 0.05) is 24.7 Å². The second-order valence-electron chi connectivity index (χ2n) is 9.09. The first-order valence-corrected chi connectivity index (χ1v) is 11.3. The number of halogens is 2. The van der Waals surface area contributed by atoms with E-state index in [0.29, 0.717) is 23.8 Å². The van der Waals surface area contributed by atoms with Gasteiger partial charge in [0.25, 0.3) is 0 Å². The predicted octanol–water partition coefficient (Wildman–Crippen LogP) is 2.99. The van der Waals surface area contributed by atoms with Crippen LogP contribution in [0.3, 0.4) is 0 Å². The van der Waals surface area contributed by atoms with Crippen molar-refractivity contribution in [3.05, 3.63) is 0 Å². The number of aliphatic hydroxyl groups excluding tert-OH is 1. The van der Waals surface area contributed by atoms with Gasteiger partial charge in [0.2, 0.25) is 5.91 Å². The first kappa shape index (κ1) is 19.3. The SMILES string of the molecule is C[C@@H]1CC2NC3C(Cl)C(Cl)CC(C4CCCCC4)C3C2CN1C(=O)CO. The fraction of sp³-hybridized carbons (Fsp3) is 0.950. The van der Waals surface area contributed by atoms with Crippen LogP contribution in [0.15, 0.2) is 0 Å². The van der Waals surface area contributed by atoms with Crippen LogP contribution < -0.4 is 5.32 Å². The molecular formula is C20H32Cl2N2O2. The standard InChI is InChI=1S/C20H32Cl2N2O2/c1-11-7-16-14(9-24(11)17(26)10-25)18-13(12-5-3-2-4-6-12)8-15(21)19(22)20(18)23-16/h11-16,18-20,23,25H,2-10H2,1H3/t11-,13?,14?,15?,16?,18?,19?,20?/m1/s1. The van der Waals surface area contributed by atoms with Gasteiger partial charge in [-0.25, -0.2) is 0 Å². The Morgan fingerprint density at radius 2 is 1.88 bits per heavy atom. The number of aliphatic hydroxyl groups is 1. The summed E-state index contributed by atoms with van der Waals surface area (Å²) in [5.74, 6) is 2.16. The Bertz CT molecular complexity index is 528. The van der Waals surface area contributed by atoms with Gasteiger partial charge in [-0.05, 0) is 43.4 Å². The van der Waals surface area contributed by atoms with E-state index in [1.807, 2.05) is 4.90 Å². The van der Waals surface area contributed by atoms with Gasteiger partial charge < -0.3 is 15.3 Å². The van der Waals surface area contributed by atoms with Gasteiger partial charge in [0.05, 0.1) is 10.8 Å². The molecule has 2 saturated carbocycles. The van der Waals surface area contributed by atoms with Crippen molar-refractivity contribution in [1.82, 2.24) is 10.2 Å². The normalized spacial score (nSPS) is 46.7. The number of carbonyl (C=O) groups is 1. The molecule has 2 N–H and O–H groups in total. The van der Waals surface area contributed by atoms with Crippen LogP contribution >= 0.6 is 23.2 Å². The van der Waals surface area contributed by atoms with Crippen LogP contribution in [0, 0.1) is 23.7 Å². The molecule has 2 heterocycles. The Morgan fingerprint density at radius 3 is 2.58 bits per heavy atom. The van der Waals surface area contributed by atoms with Crippen LogP contribution in [0.2, 0.25) is 0 Å². The summed E-state index contributed by atoms with van der Waals surface area (Å²) in [6.07, 6.45) is 8.62. The Kier molecular flexibility index (Phi) is 5.77. The van der Waals surface area contributed by atoms with Gasteiger partial charge in [-0.2, -0.15) is 0 Å². The van der Waals surface area contributed by atoms with Crippen molar-refractivity contribution < 1.29 is 9.90 Å². The van der Waals surface area contributed by atoms with Crippen LogP contribution in [-0.4, -0.2) is 57.9 Å². The first-order chi connectivity index (χ1) is 12.5. The number of likely N-dealkylation sites (tertiary alicyclic amines) is 1. The van der Waals surface area contributed by atoms with Crippen molar-refractivity contribution >= 4 is 29.1 Å². The number of hydrogen-bond donors (Lipinski definition) is 2. The lowest BCUT2D eigenvalue weighted by Crippen LogP contribution is -2.54. The quantitative estimate of drug-likeness (QED) is 0.697. The summed E-state index contributed by atoms with van der Waals surface area (Å²) in [7, 11) is 0. The summed E-state index contributed by atoms with van der Waals surface area (Å²) < 4.78 is 0.